The molecule has 1 aromatic heterocycles. The third-order valence-corrected chi connectivity index (χ3v) is 6.75. The second kappa shape index (κ2) is 7.18. The Morgan fingerprint density at radius 1 is 1.08 bits per heavy atom. The maximum absolute atomic E-state index is 10.8. The van der Waals surface area contributed by atoms with Crippen molar-refractivity contribution in [2.45, 2.75) is 31.6 Å². The molecule has 2 aromatic rings. The van der Waals surface area contributed by atoms with Crippen molar-refractivity contribution in [2.24, 2.45) is 5.92 Å². The lowest BCUT2D eigenvalue weighted by molar-refractivity contribution is -0.911. The van der Waals surface area contributed by atoms with E-state index in [0.717, 1.165) is 58.4 Å². The Labute approximate surface area is 169 Å². The zero-order valence-electron chi connectivity index (χ0n) is 13.7. The van der Waals surface area contributed by atoms with Gasteiger partial charge in [-0.1, -0.05) is 27.5 Å². The number of benzene rings is 1. The lowest BCUT2D eigenvalue weighted by Crippen LogP contribution is -2.41. The molecule has 3 nitrogen and oxygen atoms in total. The number of rotatable bonds is 1. The van der Waals surface area contributed by atoms with Gasteiger partial charge in [0.05, 0.1) is 10.4 Å². The summed E-state index contributed by atoms with van der Waals surface area (Å²) in [6, 6.07) is 6.23. The Morgan fingerprint density at radius 3 is 2.56 bits per heavy atom. The number of piperidine rings is 1. The van der Waals surface area contributed by atoms with E-state index in [-0.39, 0.29) is 5.92 Å². The van der Waals surface area contributed by atoms with Gasteiger partial charge in [0.1, 0.15) is 0 Å². The fourth-order valence-corrected chi connectivity index (χ4v) is 5.98. The van der Waals surface area contributed by atoms with Crippen molar-refractivity contribution in [1.82, 2.24) is 5.32 Å². The summed E-state index contributed by atoms with van der Waals surface area (Å²) < 4.78 is 3.29. The van der Waals surface area contributed by atoms with E-state index in [1.165, 1.54) is 21.4 Å². The first-order valence-electron chi connectivity index (χ1n) is 8.66. The van der Waals surface area contributed by atoms with Crippen LogP contribution < -0.4 is 10.0 Å². The molecule has 6 heteroatoms. The number of aryl methyl sites for hydroxylation is 2. The molecule has 2 N–H and O–H groups in total. The maximum atomic E-state index is 10.8. The van der Waals surface area contributed by atoms with Crippen molar-refractivity contribution >= 4 is 43.5 Å². The summed E-state index contributed by atoms with van der Waals surface area (Å²) in [6.07, 6.45) is 5.79. The predicted octanol–water partition coefficient (Wildman–Crippen LogP) is 4.62. The van der Waals surface area contributed by atoms with Gasteiger partial charge in [-0.3, -0.25) is 5.21 Å². The molecule has 2 heterocycles. The lowest BCUT2D eigenvalue weighted by atomic mass is 9.77. The summed E-state index contributed by atoms with van der Waals surface area (Å²) in [4.78, 5) is 0. The largest absolute Gasteiger partial charge is 0.317 e. The van der Waals surface area contributed by atoms with E-state index >= 15 is 0 Å². The fourth-order valence-electron chi connectivity index (χ4n) is 4.39. The molecule has 0 saturated carbocycles. The molecule has 0 amide bonds. The summed E-state index contributed by atoms with van der Waals surface area (Å²) in [5.41, 5.74) is 4.81. The van der Waals surface area contributed by atoms with Crippen molar-refractivity contribution < 1.29 is 9.94 Å². The van der Waals surface area contributed by atoms with Crippen LogP contribution in [0.25, 0.3) is 0 Å². The third kappa shape index (κ3) is 3.36. The van der Waals surface area contributed by atoms with Crippen LogP contribution in [0, 0.1) is 5.92 Å². The van der Waals surface area contributed by atoms with Crippen LogP contribution in [0.3, 0.4) is 0 Å². The number of pyridine rings is 1. The van der Waals surface area contributed by atoms with Crippen LogP contribution in [0.4, 0.5) is 0 Å². The molecule has 1 atom stereocenters. The minimum Gasteiger partial charge on any atom is -0.317 e. The summed E-state index contributed by atoms with van der Waals surface area (Å²) in [5.74, 6) is 0.660. The molecule has 132 valence electrons. The van der Waals surface area contributed by atoms with Crippen LogP contribution in [0.1, 0.15) is 41.1 Å². The van der Waals surface area contributed by atoms with E-state index in [1.807, 2.05) is 6.07 Å². The Bertz CT molecular complexity index is 762. The number of hydrogen-bond donors (Lipinski definition) is 2. The molecular formula is C19H20Br2ClN2O+. The van der Waals surface area contributed by atoms with Gasteiger partial charge in [0.15, 0.2) is 0 Å². The van der Waals surface area contributed by atoms with Crippen molar-refractivity contribution in [3.8, 4) is 0 Å². The Hall–Kier alpha value is -0.620. The van der Waals surface area contributed by atoms with Crippen molar-refractivity contribution in [3.63, 3.8) is 0 Å². The molecule has 0 unspecified atom stereocenters. The number of hydrogen-bond acceptors (Lipinski definition) is 2. The highest BCUT2D eigenvalue weighted by Crippen LogP contribution is 2.45. The second-order valence-corrected chi connectivity index (χ2v) is 9.15. The molecule has 2 aliphatic rings. The molecule has 1 fully saturated rings. The van der Waals surface area contributed by atoms with Crippen molar-refractivity contribution in [2.75, 3.05) is 13.1 Å². The van der Waals surface area contributed by atoms with E-state index in [4.69, 9.17) is 11.6 Å². The van der Waals surface area contributed by atoms with E-state index in [1.54, 1.807) is 6.20 Å². The molecule has 0 bridgehead atoms. The predicted molar refractivity (Wildman–Crippen MR) is 106 cm³/mol. The first-order chi connectivity index (χ1) is 12.0. The van der Waals surface area contributed by atoms with Crippen LogP contribution in [0.2, 0.25) is 5.02 Å². The summed E-state index contributed by atoms with van der Waals surface area (Å²) >= 11 is 13.6. The van der Waals surface area contributed by atoms with Gasteiger partial charge in [0.25, 0.3) is 0 Å². The number of halogens is 3. The highest BCUT2D eigenvalue weighted by atomic mass is 79.9. The molecule has 1 saturated heterocycles. The van der Waals surface area contributed by atoms with Gasteiger partial charge in [-0.2, -0.15) is 0 Å². The number of aromatic nitrogens is 1. The molecule has 0 radical (unpaired) electrons. The van der Waals surface area contributed by atoms with E-state index in [9.17, 15) is 5.21 Å². The normalized spacial score (nSPS) is 20.7. The SMILES string of the molecule is O[n+]1cc(Br)cc2c1[C@H](C1CCNCC1)c1c(Br)cc(Cl)cc1CC2. The second-order valence-electron chi connectivity index (χ2n) is 6.94. The fraction of sp³-hybridized carbons (Fsp3) is 0.421. The molecule has 4 rings (SSSR count). The molecule has 1 aromatic carbocycles. The molecule has 1 aliphatic carbocycles. The topological polar surface area (TPSA) is 36.1 Å². The molecular weight excluding hydrogens is 467 g/mol. The van der Waals surface area contributed by atoms with Crippen LogP contribution in [-0.2, 0) is 12.8 Å². The first kappa shape index (κ1) is 17.8. The first-order valence-corrected chi connectivity index (χ1v) is 10.6. The summed E-state index contributed by atoms with van der Waals surface area (Å²) in [6.45, 7) is 2.05. The standard InChI is InChI=1S/C19H20Br2ClN2O/c20-14-7-13-2-1-12-8-15(22)9-16(21)17(12)18(19(13)24(25)10-14)11-3-5-23-6-4-11/h7-11,18,23,25H,1-6H2/q+1/t18-/m1/s1. The minimum atomic E-state index is 0.166. The summed E-state index contributed by atoms with van der Waals surface area (Å²) in [5, 5.41) is 15.0. The lowest BCUT2D eigenvalue weighted by Gasteiger charge is -2.30. The van der Waals surface area contributed by atoms with E-state index < -0.39 is 0 Å². The molecule has 1 aliphatic heterocycles. The van der Waals surface area contributed by atoms with Crippen LogP contribution >= 0.6 is 43.5 Å². The zero-order chi connectivity index (χ0) is 17.6. The van der Waals surface area contributed by atoms with Gasteiger partial charge in [-0.25, -0.2) is 0 Å². The van der Waals surface area contributed by atoms with Gasteiger partial charge in [-0.05, 0) is 89.9 Å². The Balaban J connectivity index is 1.95. The van der Waals surface area contributed by atoms with Crippen LogP contribution in [-0.4, -0.2) is 18.3 Å². The van der Waals surface area contributed by atoms with Gasteiger partial charge in [0, 0.05) is 19.8 Å². The van der Waals surface area contributed by atoms with Gasteiger partial charge in [0.2, 0.25) is 11.9 Å². The Kier molecular flexibility index (Phi) is 5.11. The van der Waals surface area contributed by atoms with E-state index in [2.05, 4.69) is 49.3 Å². The Morgan fingerprint density at radius 2 is 1.80 bits per heavy atom. The molecule has 25 heavy (non-hydrogen) atoms. The average molecular weight is 488 g/mol. The monoisotopic (exact) mass is 485 g/mol. The smallest absolute Gasteiger partial charge is 0.245 e. The maximum Gasteiger partial charge on any atom is 0.245 e. The zero-order valence-corrected chi connectivity index (χ0v) is 17.7. The van der Waals surface area contributed by atoms with Crippen LogP contribution in [0.5, 0.6) is 0 Å². The third-order valence-electron chi connectivity index (χ3n) is 5.44. The van der Waals surface area contributed by atoms with E-state index in [0.29, 0.717) is 5.92 Å². The van der Waals surface area contributed by atoms with Gasteiger partial charge < -0.3 is 5.32 Å². The highest BCUT2D eigenvalue weighted by molar-refractivity contribution is 9.10. The quantitative estimate of drug-likeness (QED) is 0.455. The average Bonchev–Trinajstić information content (AvgIpc) is 2.73. The van der Waals surface area contributed by atoms with Crippen molar-refractivity contribution in [3.05, 3.63) is 60.7 Å². The van der Waals surface area contributed by atoms with Crippen LogP contribution in [0.15, 0.2) is 33.3 Å². The highest BCUT2D eigenvalue weighted by Gasteiger charge is 2.40. The van der Waals surface area contributed by atoms with Gasteiger partial charge in [-0.15, -0.1) is 0 Å². The number of fused-ring (bicyclic) bond motifs is 2. The summed E-state index contributed by atoms with van der Waals surface area (Å²) in [7, 11) is 0. The van der Waals surface area contributed by atoms with Gasteiger partial charge >= 0.3 is 0 Å². The van der Waals surface area contributed by atoms with Crippen molar-refractivity contribution in [1.29, 1.82) is 0 Å². The minimum absolute atomic E-state index is 0.166. The molecule has 0 spiro atoms. The number of nitrogens with one attached hydrogen (secondary N) is 1. The number of nitrogens with zero attached hydrogens (tertiary/aromatic N) is 1.